The highest BCUT2D eigenvalue weighted by molar-refractivity contribution is 5.95. The summed E-state index contributed by atoms with van der Waals surface area (Å²) in [4.78, 5) is 15.2. The third kappa shape index (κ3) is 4.10. The van der Waals surface area contributed by atoms with Crippen molar-refractivity contribution in [1.29, 1.82) is 0 Å². The van der Waals surface area contributed by atoms with Crippen LogP contribution in [0.5, 0.6) is 0 Å². The fourth-order valence-electron chi connectivity index (χ4n) is 3.70. The highest BCUT2D eigenvalue weighted by Gasteiger charge is 2.32. The first-order valence-corrected chi connectivity index (χ1v) is 8.70. The molecule has 2 rings (SSSR count). The lowest BCUT2D eigenvalue weighted by Gasteiger charge is -2.39. The number of nitrogens with one attached hydrogen (secondary N) is 1. The van der Waals surface area contributed by atoms with E-state index in [2.05, 4.69) is 56.1 Å². The Labute approximate surface area is 135 Å². The van der Waals surface area contributed by atoms with Gasteiger partial charge in [0.1, 0.15) is 0 Å². The second-order valence-corrected chi connectivity index (χ2v) is 6.59. The SMILES string of the molecule is CCC(CC)N1CCCC[C@H]1C(=O)Nc1cc(C)cc(C)c1. The number of likely N-dealkylation sites (tertiary alicyclic amines) is 1. The molecule has 1 aliphatic heterocycles. The second-order valence-electron chi connectivity index (χ2n) is 6.59. The van der Waals surface area contributed by atoms with Crippen molar-refractivity contribution in [1.82, 2.24) is 4.90 Å². The minimum atomic E-state index is 0.0273. The fourth-order valence-corrected chi connectivity index (χ4v) is 3.70. The van der Waals surface area contributed by atoms with Crippen molar-refractivity contribution in [2.75, 3.05) is 11.9 Å². The van der Waals surface area contributed by atoms with Gasteiger partial charge < -0.3 is 5.32 Å². The number of carbonyl (C=O) groups excluding carboxylic acids is 1. The van der Waals surface area contributed by atoms with E-state index in [9.17, 15) is 4.79 Å². The smallest absolute Gasteiger partial charge is 0.241 e. The monoisotopic (exact) mass is 302 g/mol. The number of amides is 1. The number of aryl methyl sites for hydroxylation is 2. The van der Waals surface area contributed by atoms with Gasteiger partial charge in [0, 0.05) is 11.7 Å². The Morgan fingerprint density at radius 3 is 2.41 bits per heavy atom. The average molecular weight is 302 g/mol. The molecular weight excluding hydrogens is 272 g/mol. The summed E-state index contributed by atoms with van der Waals surface area (Å²) in [6.45, 7) is 9.64. The molecule has 22 heavy (non-hydrogen) atoms. The van der Waals surface area contributed by atoms with E-state index in [-0.39, 0.29) is 11.9 Å². The van der Waals surface area contributed by atoms with Crippen LogP contribution in [-0.2, 0) is 4.79 Å². The van der Waals surface area contributed by atoms with Gasteiger partial charge in [-0.2, -0.15) is 0 Å². The van der Waals surface area contributed by atoms with Crippen LogP contribution in [0.25, 0.3) is 0 Å². The van der Waals surface area contributed by atoms with Gasteiger partial charge in [0.25, 0.3) is 0 Å². The summed E-state index contributed by atoms with van der Waals surface area (Å²) in [5.41, 5.74) is 3.31. The van der Waals surface area contributed by atoms with Gasteiger partial charge in [-0.25, -0.2) is 0 Å². The van der Waals surface area contributed by atoms with Crippen LogP contribution in [0.3, 0.4) is 0 Å². The second kappa shape index (κ2) is 7.77. The molecule has 0 unspecified atom stereocenters. The Balaban J connectivity index is 2.11. The largest absolute Gasteiger partial charge is 0.325 e. The van der Waals surface area contributed by atoms with Crippen molar-refractivity contribution in [3.63, 3.8) is 0 Å². The van der Waals surface area contributed by atoms with Crippen LogP contribution in [0.15, 0.2) is 18.2 Å². The molecule has 1 N–H and O–H groups in total. The van der Waals surface area contributed by atoms with E-state index in [1.165, 1.54) is 17.5 Å². The quantitative estimate of drug-likeness (QED) is 0.880. The van der Waals surface area contributed by atoms with E-state index in [4.69, 9.17) is 0 Å². The standard InChI is InChI=1S/C19H30N2O/c1-5-17(6-2)21-10-8-7-9-18(21)19(22)20-16-12-14(3)11-15(4)13-16/h11-13,17-18H,5-10H2,1-4H3,(H,20,22)/t18-/m0/s1. The van der Waals surface area contributed by atoms with Gasteiger partial charge in [0.05, 0.1) is 6.04 Å². The lowest BCUT2D eigenvalue weighted by atomic mass is 9.97. The van der Waals surface area contributed by atoms with Gasteiger partial charge >= 0.3 is 0 Å². The summed E-state index contributed by atoms with van der Waals surface area (Å²) in [7, 11) is 0. The molecule has 0 aromatic heterocycles. The number of benzene rings is 1. The predicted molar refractivity (Wildman–Crippen MR) is 93.3 cm³/mol. The van der Waals surface area contributed by atoms with Crippen LogP contribution >= 0.6 is 0 Å². The van der Waals surface area contributed by atoms with Gasteiger partial charge in [-0.05, 0) is 69.3 Å². The van der Waals surface area contributed by atoms with Crippen molar-refractivity contribution < 1.29 is 4.79 Å². The molecule has 1 amide bonds. The molecule has 1 heterocycles. The van der Waals surface area contributed by atoms with Crippen molar-refractivity contribution in [2.24, 2.45) is 0 Å². The zero-order chi connectivity index (χ0) is 16.1. The van der Waals surface area contributed by atoms with Crippen LogP contribution in [0.1, 0.15) is 57.1 Å². The third-order valence-corrected chi connectivity index (χ3v) is 4.75. The number of anilines is 1. The molecule has 0 spiro atoms. The van der Waals surface area contributed by atoms with Gasteiger partial charge in [-0.1, -0.05) is 26.3 Å². The molecular formula is C19H30N2O. The maximum Gasteiger partial charge on any atom is 0.241 e. The molecule has 0 aliphatic carbocycles. The molecule has 1 fully saturated rings. The molecule has 122 valence electrons. The van der Waals surface area contributed by atoms with Gasteiger partial charge in [0.2, 0.25) is 5.91 Å². The summed E-state index contributed by atoms with van der Waals surface area (Å²) < 4.78 is 0. The lowest BCUT2D eigenvalue weighted by Crippen LogP contribution is -2.51. The normalized spacial score (nSPS) is 19.4. The zero-order valence-electron chi connectivity index (χ0n) is 14.5. The highest BCUT2D eigenvalue weighted by Crippen LogP contribution is 2.24. The van der Waals surface area contributed by atoms with Crippen LogP contribution in [0.2, 0.25) is 0 Å². The summed E-state index contributed by atoms with van der Waals surface area (Å²) >= 11 is 0. The maximum atomic E-state index is 12.8. The Morgan fingerprint density at radius 1 is 1.18 bits per heavy atom. The average Bonchev–Trinajstić information content (AvgIpc) is 2.48. The van der Waals surface area contributed by atoms with Gasteiger partial charge in [0.15, 0.2) is 0 Å². The van der Waals surface area contributed by atoms with Crippen molar-refractivity contribution in [2.45, 2.75) is 71.9 Å². The van der Waals surface area contributed by atoms with Crippen molar-refractivity contribution >= 4 is 11.6 Å². The fraction of sp³-hybridized carbons (Fsp3) is 0.632. The maximum absolute atomic E-state index is 12.8. The molecule has 1 saturated heterocycles. The topological polar surface area (TPSA) is 32.3 Å². The summed E-state index contributed by atoms with van der Waals surface area (Å²) in [5, 5.41) is 3.15. The van der Waals surface area contributed by atoms with Gasteiger partial charge in [-0.3, -0.25) is 9.69 Å². The van der Waals surface area contributed by atoms with Crippen molar-refractivity contribution in [3.05, 3.63) is 29.3 Å². The molecule has 3 heteroatoms. The molecule has 3 nitrogen and oxygen atoms in total. The minimum absolute atomic E-state index is 0.0273. The summed E-state index contributed by atoms with van der Waals surface area (Å²) in [6.07, 6.45) is 5.58. The first-order chi connectivity index (χ1) is 10.5. The van der Waals surface area contributed by atoms with Crippen LogP contribution in [0.4, 0.5) is 5.69 Å². The van der Waals surface area contributed by atoms with Crippen LogP contribution < -0.4 is 5.32 Å². The molecule has 1 aliphatic rings. The molecule has 1 aromatic carbocycles. The van der Waals surface area contributed by atoms with Crippen LogP contribution in [0, 0.1) is 13.8 Å². The highest BCUT2D eigenvalue weighted by atomic mass is 16.2. The summed E-state index contributed by atoms with van der Waals surface area (Å²) in [5.74, 6) is 0.164. The molecule has 0 radical (unpaired) electrons. The van der Waals surface area contributed by atoms with Crippen molar-refractivity contribution in [3.8, 4) is 0 Å². The lowest BCUT2D eigenvalue weighted by molar-refractivity contribution is -0.123. The number of nitrogens with zero attached hydrogens (tertiary/aromatic N) is 1. The molecule has 0 bridgehead atoms. The van der Waals surface area contributed by atoms with Crippen LogP contribution in [-0.4, -0.2) is 29.4 Å². The van der Waals surface area contributed by atoms with E-state index in [0.717, 1.165) is 37.9 Å². The number of hydrogen-bond acceptors (Lipinski definition) is 2. The van der Waals surface area contributed by atoms with E-state index < -0.39 is 0 Å². The summed E-state index contributed by atoms with van der Waals surface area (Å²) in [6, 6.07) is 6.78. The third-order valence-electron chi connectivity index (χ3n) is 4.75. The number of carbonyl (C=O) groups is 1. The van der Waals surface area contributed by atoms with E-state index in [1.54, 1.807) is 0 Å². The Bertz CT molecular complexity index is 488. The van der Waals surface area contributed by atoms with E-state index in [1.807, 2.05) is 0 Å². The Morgan fingerprint density at radius 2 is 1.82 bits per heavy atom. The molecule has 1 atom stereocenters. The van der Waals surface area contributed by atoms with E-state index in [0.29, 0.717) is 6.04 Å². The van der Waals surface area contributed by atoms with E-state index >= 15 is 0 Å². The number of hydrogen-bond donors (Lipinski definition) is 1. The number of rotatable bonds is 5. The molecule has 1 aromatic rings. The first kappa shape index (κ1) is 17.0. The zero-order valence-corrected chi connectivity index (χ0v) is 14.5. The first-order valence-electron chi connectivity index (χ1n) is 8.70. The number of piperidine rings is 1. The van der Waals surface area contributed by atoms with Gasteiger partial charge in [-0.15, -0.1) is 0 Å². The Hall–Kier alpha value is -1.35. The predicted octanol–water partition coefficient (Wildman–Crippen LogP) is 4.29. The Kier molecular flexibility index (Phi) is 6.01. The molecule has 0 saturated carbocycles. The minimum Gasteiger partial charge on any atom is -0.325 e.